The van der Waals surface area contributed by atoms with Crippen LogP contribution in [0.25, 0.3) is 10.4 Å². The number of carbonyl (C=O) groups excluding carboxylic acids is 1. The number of rotatable bonds is 16. The van der Waals surface area contributed by atoms with Crippen molar-refractivity contribution < 1.29 is 23.7 Å². The highest BCUT2D eigenvalue weighted by atomic mass is 16.6. The van der Waals surface area contributed by atoms with E-state index in [1.165, 1.54) is 0 Å². The molecule has 0 aliphatic carbocycles. The number of nitriles is 1. The molecule has 0 aromatic heterocycles. The topological polar surface area (TPSA) is 139 Å². The van der Waals surface area contributed by atoms with Gasteiger partial charge in [-0.1, -0.05) is 11.0 Å². The molecule has 1 rings (SSSR count). The zero-order valence-electron chi connectivity index (χ0n) is 16.7. The van der Waals surface area contributed by atoms with Crippen LogP contribution in [0.15, 0.2) is 29.4 Å². The Bertz CT molecular complexity index is 761. The summed E-state index contributed by atoms with van der Waals surface area (Å²) in [6.07, 6.45) is 0.235. The van der Waals surface area contributed by atoms with Crippen LogP contribution in [0.2, 0.25) is 0 Å². The molecule has 1 N–H and O–H groups in total. The lowest BCUT2D eigenvalue weighted by molar-refractivity contribution is -0.117. The van der Waals surface area contributed by atoms with Crippen molar-refractivity contribution in [1.29, 1.82) is 5.26 Å². The van der Waals surface area contributed by atoms with Crippen molar-refractivity contribution in [1.82, 2.24) is 0 Å². The Kier molecular flexibility index (Phi) is 14.9. The average Bonchev–Trinajstić information content (AvgIpc) is 2.76. The fourth-order valence-corrected chi connectivity index (χ4v) is 2.04. The molecule has 0 fully saturated rings. The van der Waals surface area contributed by atoms with Gasteiger partial charge in [0.25, 0.3) is 0 Å². The third kappa shape index (κ3) is 14.0. The Labute approximate surface area is 175 Å². The van der Waals surface area contributed by atoms with Gasteiger partial charge in [-0.2, -0.15) is 5.26 Å². The number of nitrogens with zero attached hydrogens (tertiary/aromatic N) is 4. The highest BCUT2D eigenvalue weighted by Gasteiger charge is 2.02. The number of nitrogens with one attached hydrogen (secondary N) is 1. The molecule has 0 atom stereocenters. The molecular weight excluding hydrogens is 390 g/mol. The van der Waals surface area contributed by atoms with Crippen LogP contribution < -0.4 is 5.32 Å². The van der Waals surface area contributed by atoms with Crippen molar-refractivity contribution in [2.24, 2.45) is 5.11 Å². The predicted octanol–water partition coefficient (Wildman–Crippen LogP) is 2.27. The predicted molar refractivity (Wildman–Crippen MR) is 109 cm³/mol. The number of amides is 1. The molecule has 1 aromatic rings. The zero-order valence-corrected chi connectivity index (χ0v) is 16.7. The van der Waals surface area contributed by atoms with Crippen LogP contribution in [-0.4, -0.2) is 65.3 Å². The van der Waals surface area contributed by atoms with Crippen LogP contribution in [-0.2, 0) is 23.7 Å². The van der Waals surface area contributed by atoms with E-state index in [1.54, 1.807) is 30.3 Å². The van der Waals surface area contributed by atoms with E-state index >= 15 is 0 Å². The lowest BCUT2D eigenvalue weighted by Gasteiger charge is -2.08. The molecule has 0 heterocycles. The standard InChI is InChI=1S/C20H25N5O5/c21-8-1-2-18-3-5-19(6-4-18)24-20(26)7-10-27-12-14-29-16-17-30-15-13-28-11-9-23-25-22/h3-6H,7,9-17H2,(H,24,26). The van der Waals surface area contributed by atoms with Crippen LogP contribution in [0.4, 0.5) is 5.69 Å². The maximum absolute atomic E-state index is 11.9. The molecule has 0 aliphatic rings. The fraction of sp³-hybridized carbons (Fsp3) is 0.500. The average molecular weight is 415 g/mol. The fourth-order valence-electron chi connectivity index (χ4n) is 2.04. The Morgan fingerprint density at radius 2 is 1.53 bits per heavy atom. The summed E-state index contributed by atoms with van der Waals surface area (Å²) in [5.41, 5.74) is 9.46. The summed E-state index contributed by atoms with van der Waals surface area (Å²) in [6, 6.07) is 8.67. The van der Waals surface area contributed by atoms with E-state index in [0.29, 0.717) is 70.7 Å². The summed E-state index contributed by atoms with van der Waals surface area (Å²) in [5, 5.41) is 14.5. The number of benzene rings is 1. The van der Waals surface area contributed by atoms with Crippen molar-refractivity contribution in [3.63, 3.8) is 0 Å². The van der Waals surface area contributed by atoms with Crippen molar-refractivity contribution in [3.05, 3.63) is 40.3 Å². The smallest absolute Gasteiger partial charge is 0.226 e. The van der Waals surface area contributed by atoms with Gasteiger partial charge in [-0.05, 0) is 29.8 Å². The second-order valence-electron chi connectivity index (χ2n) is 5.64. The number of ether oxygens (including phenoxy) is 4. The first kappa shape index (κ1) is 24.9. The third-order valence-electron chi connectivity index (χ3n) is 3.42. The van der Waals surface area contributed by atoms with E-state index in [4.69, 9.17) is 29.7 Å². The lowest BCUT2D eigenvalue weighted by atomic mass is 10.2. The van der Waals surface area contributed by atoms with E-state index in [-0.39, 0.29) is 12.3 Å². The second kappa shape index (κ2) is 18.0. The van der Waals surface area contributed by atoms with Crippen LogP contribution in [0.3, 0.4) is 0 Å². The number of hydrogen-bond donors (Lipinski definition) is 1. The zero-order chi connectivity index (χ0) is 21.7. The summed E-state index contributed by atoms with van der Waals surface area (Å²) < 4.78 is 21.2. The van der Waals surface area contributed by atoms with E-state index in [0.717, 1.165) is 0 Å². The van der Waals surface area contributed by atoms with Crippen molar-refractivity contribution in [3.8, 4) is 17.9 Å². The van der Waals surface area contributed by atoms with Crippen LogP contribution >= 0.6 is 0 Å². The van der Waals surface area contributed by atoms with Gasteiger partial charge in [0, 0.05) is 28.6 Å². The molecule has 0 saturated carbocycles. The molecule has 10 heteroatoms. The van der Waals surface area contributed by atoms with Gasteiger partial charge < -0.3 is 24.3 Å². The Morgan fingerprint density at radius 1 is 0.967 bits per heavy atom. The van der Waals surface area contributed by atoms with Gasteiger partial charge >= 0.3 is 0 Å². The maximum atomic E-state index is 11.9. The number of azide groups is 1. The highest BCUT2D eigenvalue weighted by Crippen LogP contribution is 2.09. The summed E-state index contributed by atoms with van der Waals surface area (Å²) in [5.74, 6) is 4.84. The number of anilines is 1. The molecule has 0 bridgehead atoms. The van der Waals surface area contributed by atoms with Crippen molar-refractivity contribution in [2.75, 3.05) is 64.7 Å². The van der Waals surface area contributed by atoms with Gasteiger partial charge in [0.15, 0.2) is 6.07 Å². The molecule has 0 spiro atoms. The van der Waals surface area contributed by atoms with E-state index in [2.05, 4.69) is 27.2 Å². The first-order chi connectivity index (χ1) is 14.8. The molecule has 1 amide bonds. The summed E-state index contributed by atoms with van der Waals surface area (Å²) in [4.78, 5) is 14.5. The molecule has 30 heavy (non-hydrogen) atoms. The van der Waals surface area contributed by atoms with Crippen LogP contribution in [0.5, 0.6) is 0 Å². The molecule has 0 aliphatic heterocycles. The lowest BCUT2D eigenvalue weighted by Crippen LogP contribution is -2.16. The quantitative estimate of drug-likeness (QED) is 0.144. The maximum Gasteiger partial charge on any atom is 0.226 e. The summed E-state index contributed by atoms with van der Waals surface area (Å²) >= 11 is 0. The SMILES string of the molecule is N#CC#Cc1ccc(NC(=O)CCOCCOCCOCCOCCN=[N+]=[N-])cc1. The monoisotopic (exact) mass is 415 g/mol. The van der Waals surface area contributed by atoms with E-state index in [1.807, 2.05) is 0 Å². The molecule has 0 unspecified atom stereocenters. The van der Waals surface area contributed by atoms with Gasteiger partial charge in [-0.15, -0.1) is 0 Å². The minimum absolute atomic E-state index is 0.151. The van der Waals surface area contributed by atoms with E-state index in [9.17, 15) is 4.79 Å². The van der Waals surface area contributed by atoms with Gasteiger partial charge in [-0.3, -0.25) is 4.79 Å². The van der Waals surface area contributed by atoms with Crippen LogP contribution in [0, 0.1) is 23.2 Å². The largest absolute Gasteiger partial charge is 0.379 e. The molecule has 0 saturated heterocycles. The molecule has 160 valence electrons. The van der Waals surface area contributed by atoms with Crippen LogP contribution in [0.1, 0.15) is 12.0 Å². The minimum atomic E-state index is -0.151. The Hall–Kier alpha value is -3.11. The Balaban J connectivity index is 1.92. The van der Waals surface area contributed by atoms with Crippen molar-refractivity contribution in [2.45, 2.75) is 6.42 Å². The minimum Gasteiger partial charge on any atom is -0.379 e. The normalized spacial score (nSPS) is 9.70. The van der Waals surface area contributed by atoms with Gasteiger partial charge in [-0.25, -0.2) is 0 Å². The molecule has 10 nitrogen and oxygen atoms in total. The van der Waals surface area contributed by atoms with Gasteiger partial charge in [0.2, 0.25) is 5.91 Å². The molecule has 0 radical (unpaired) electrons. The second-order valence-corrected chi connectivity index (χ2v) is 5.64. The van der Waals surface area contributed by atoms with Gasteiger partial charge in [0.05, 0.1) is 59.3 Å². The first-order valence-corrected chi connectivity index (χ1v) is 9.38. The molecule has 1 aromatic carbocycles. The van der Waals surface area contributed by atoms with E-state index < -0.39 is 0 Å². The highest BCUT2D eigenvalue weighted by molar-refractivity contribution is 5.90. The molecular formula is C20H25N5O5. The third-order valence-corrected chi connectivity index (χ3v) is 3.42. The summed E-state index contributed by atoms with van der Waals surface area (Å²) in [6.45, 7) is 3.57. The first-order valence-electron chi connectivity index (χ1n) is 9.38. The Morgan fingerprint density at radius 3 is 2.10 bits per heavy atom. The number of carbonyl (C=O) groups is 1. The summed E-state index contributed by atoms with van der Waals surface area (Å²) in [7, 11) is 0. The van der Waals surface area contributed by atoms with Crippen molar-refractivity contribution >= 4 is 11.6 Å². The number of hydrogen-bond acceptors (Lipinski definition) is 7. The van der Waals surface area contributed by atoms with Gasteiger partial charge in [0.1, 0.15) is 0 Å².